The minimum absolute atomic E-state index is 0.0188. The van der Waals surface area contributed by atoms with Crippen LogP contribution in [-0.4, -0.2) is 24.2 Å². The van der Waals surface area contributed by atoms with Gasteiger partial charge < -0.3 is 14.8 Å². The Labute approximate surface area is 139 Å². The maximum absolute atomic E-state index is 12.7. The molecule has 0 radical (unpaired) electrons. The zero-order valence-electron chi connectivity index (χ0n) is 14.6. The van der Waals surface area contributed by atoms with Crippen molar-refractivity contribution in [3.8, 4) is 5.75 Å². The van der Waals surface area contributed by atoms with Crippen LogP contribution < -0.4 is 10.1 Å². The molecule has 1 atom stereocenters. The summed E-state index contributed by atoms with van der Waals surface area (Å²) in [6.45, 7) is 6.65. The van der Waals surface area contributed by atoms with Crippen LogP contribution in [0.3, 0.4) is 0 Å². The Morgan fingerprint density at radius 1 is 1.17 bits per heavy atom. The average Bonchev–Trinajstić information content (AvgIpc) is 2.57. The fraction of sp³-hybridized carbons (Fsp3) is 0.632. The van der Waals surface area contributed by atoms with Crippen molar-refractivity contribution in [3.05, 3.63) is 24.3 Å². The molecular formula is C19H29NO3. The zero-order chi connectivity index (χ0) is 16.7. The Morgan fingerprint density at radius 2 is 1.83 bits per heavy atom. The Hall–Kier alpha value is -1.55. The van der Waals surface area contributed by atoms with Crippen LogP contribution in [-0.2, 0) is 9.53 Å². The highest BCUT2D eigenvalue weighted by Crippen LogP contribution is 2.33. The van der Waals surface area contributed by atoms with E-state index in [9.17, 15) is 4.79 Å². The molecule has 0 spiro atoms. The predicted molar refractivity (Wildman–Crippen MR) is 92.9 cm³/mol. The monoisotopic (exact) mass is 319 g/mol. The van der Waals surface area contributed by atoms with E-state index in [0.717, 1.165) is 43.5 Å². The van der Waals surface area contributed by atoms with E-state index in [1.54, 1.807) is 0 Å². The number of anilines is 1. The predicted octanol–water partition coefficient (Wildman–Crippen LogP) is 4.54. The summed E-state index contributed by atoms with van der Waals surface area (Å²) >= 11 is 0. The largest absolute Gasteiger partial charge is 0.491 e. The van der Waals surface area contributed by atoms with Crippen molar-refractivity contribution in [1.29, 1.82) is 0 Å². The van der Waals surface area contributed by atoms with E-state index in [1.807, 2.05) is 38.1 Å². The summed E-state index contributed by atoms with van der Waals surface area (Å²) in [4.78, 5) is 12.7. The van der Waals surface area contributed by atoms with Gasteiger partial charge in [-0.3, -0.25) is 4.79 Å². The smallest absolute Gasteiger partial charge is 0.256 e. The molecule has 1 aromatic carbocycles. The van der Waals surface area contributed by atoms with Gasteiger partial charge in [0.2, 0.25) is 0 Å². The summed E-state index contributed by atoms with van der Waals surface area (Å²) < 4.78 is 11.6. The van der Waals surface area contributed by atoms with Gasteiger partial charge in [0.25, 0.3) is 5.91 Å². The van der Waals surface area contributed by atoms with Gasteiger partial charge in [-0.15, -0.1) is 0 Å². The lowest BCUT2D eigenvalue weighted by Crippen LogP contribution is -2.47. The molecule has 0 aliphatic heterocycles. The molecule has 1 N–H and O–H groups in total. The third kappa shape index (κ3) is 4.71. The first-order chi connectivity index (χ1) is 11.1. The third-order valence-corrected chi connectivity index (χ3v) is 4.52. The molecule has 1 aromatic rings. The highest BCUT2D eigenvalue weighted by atomic mass is 16.5. The lowest BCUT2D eigenvalue weighted by atomic mass is 9.83. The lowest BCUT2D eigenvalue weighted by molar-refractivity contribution is -0.145. The van der Waals surface area contributed by atoms with E-state index in [4.69, 9.17) is 9.47 Å². The van der Waals surface area contributed by atoms with E-state index in [0.29, 0.717) is 6.61 Å². The van der Waals surface area contributed by atoms with E-state index in [-0.39, 0.29) is 12.0 Å². The van der Waals surface area contributed by atoms with Crippen molar-refractivity contribution in [2.24, 2.45) is 0 Å². The number of carbonyl (C=O) groups is 1. The summed E-state index contributed by atoms with van der Waals surface area (Å²) in [6, 6.07) is 7.57. The molecule has 4 nitrogen and oxygen atoms in total. The van der Waals surface area contributed by atoms with Crippen molar-refractivity contribution in [1.82, 2.24) is 0 Å². The molecule has 128 valence electrons. The third-order valence-electron chi connectivity index (χ3n) is 4.52. The number of benzene rings is 1. The van der Waals surface area contributed by atoms with Gasteiger partial charge in [0.1, 0.15) is 11.4 Å². The van der Waals surface area contributed by atoms with Crippen LogP contribution in [0.1, 0.15) is 59.3 Å². The zero-order valence-corrected chi connectivity index (χ0v) is 14.6. The van der Waals surface area contributed by atoms with Gasteiger partial charge in [-0.05, 0) is 57.4 Å². The number of carbonyl (C=O) groups excluding carboxylic acids is 1. The number of hydrogen-bond acceptors (Lipinski definition) is 3. The molecular weight excluding hydrogens is 290 g/mol. The molecule has 1 aliphatic rings. The van der Waals surface area contributed by atoms with Gasteiger partial charge in [0.15, 0.2) is 0 Å². The highest BCUT2D eigenvalue weighted by molar-refractivity contribution is 5.97. The topological polar surface area (TPSA) is 47.6 Å². The maximum atomic E-state index is 12.7. The minimum atomic E-state index is -0.654. The van der Waals surface area contributed by atoms with Gasteiger partial charge in [-0.25, -0.2) is 0 Å². The van der Waals surface area contributed by atoms with Crippen LogP contribution in [0.4, 0.5) is 5.69 Å². The van der Waals surface area contributed by atoms with Crippen molar-refractivity contribution < 1.29 is 14.3 Å². The SMILES string of the molecule is CCOC1(C(=O)Nc2ccc(OC(C)CC)cc2)CCCCC1. The van der Waals surface area contributed by atoms with Gasteiger partial charge in [-0.2, -0.15) is 0 Å². The Bertz CT molecular complexity index is 486. The number of rotatable bonds is 7. The minimum Gasteiger partial charge on any atom is -0.491 e. The van der Waals surface area contributed by atoms with E-state index in [2.05, 4.69) is 12.2 Å². The Kier molecular flexibility index (Phi) is 6.46. The van der Waals surface area contributed by atoms with Gasteiger partial charge in [0, 0.05) is 12.3 Å². The van der Waals surface area contributed by atoms with Gasteiger partial charge in [0.05, 0.1) is 6.10 Å². The van der Waals surface area contributed by atoms with Crippen molar-refractivity contribution in [2.45, 2.75) is 71.0 Å². The van der Waals surface area contributed by atoms with Crippen LogP contribution >= 0.6 is 0 Å². The Morgan fingerprint density at radius 3 is 2.39 bits per heavy atom. The van der Waals surface area contributed by atoms with Gasteiger partial charge >= 0.3 is 0 Å². The number of amides is 1. The van der Waals surface area contributed by atoms with Crippen molar-refractivity contribution >= 4 is 11.6 Å². The summed E-state index contributed by atoms with van der Waals surface area (Å²) in [5, 5.41) is 3.01. The molecule has 1 unspecified atom stereocenters. The molecule has 0 heterocycles. The van der Waals surface area contributed by atoms with Crippen LogP contribution in [0.25, 0.3) is 0 Å². The summed E-state index contributed by atoms with van der Waals surface area (Å²) in [6.07, 6.45) is 6.06. The van der Waals surface area contributed by atoms with Gasteiger partial charge in [-0.1, -0.05) is 26.2 Å². The highest BCUT2D eigenvalue weighted by Gasteiger charge is 2.40. The van der Waals surface area contributed by atoms with Crippen LogP contribution in [0, 0.1) is 0 Å². The van der Waals surface area contributed by atoms with E-state index in [1.165, 1.54) is 6.42 Å². The fourth-order valence-electron chi connectivity index (χ4n) is 3.01. The second kappa shape index (κ2) is 8.34. The molecule has 0 saturated heterocycles. The normalized spacial score (nSPS) is 18.2. The standard InChI is InChI=1S/C19H29NO3/c1-4-15(3)23-17-11-9-16(10-12-17)20-18(21)19(22-5-2)13-7-6-8-14-19/h9-12,15H,4-8,13-14H2,1-3H3,(H,20,21). The number of ether oxygens (including phenoxy) is 2. The summed E-state index contributed by atoms with van der Waals surface area (Å²) in [5.41, 5.74) is 0.134. The fourth-order valence-corrected chi connectivity index (χ4v) is 3.01. The quantitative estimate of drug-likeness (QED) is 0.802. The summed E-state index contributed by atoms with van der Waals surface area (Å²) in [5.74, 6) is 0.809. The van der Waals surface area contributed by atoms with E-state index >= 15 is 0 Å². The first kappa shape index (κ1) is 17.8. The van der Waals surface area contributed by atoms with Crippen LogP contribution in [0.2, 0.25) is 0 Å². The summed E-state index contributed by atoms with van der Waals surface area (Å²) in [7, 11) is 0. The second-order valence-electron chi connectivity index (χ2n) is 6.30. The van der Waals surface area contributed by atoms with Crippen LogP contribution in [0.15, 0.2) is 24.3 Å². The molecule has 1 aliphatic carbocycles. The Balaban J connectivity index is 2.00. The molecule has 0 aromatic heterocycles. The lowest BCUT2D eigenvalue weighted by Gasteiger charge is -2.35. The molecule has 1 saturated carbocycles. The maximum Gasteiger partial charge on any atom is 0.256 e. The molecule has 0 bridgehead atoms. The number of hydrogen-bond donors (Lipinski definition) is 1. The number of nitrogens with one attached hydrogen (secondary N) is 1. The second-order valence-corrected chi connectivity index (χ2v) is 6.30. The first-order valence-electron chi connectivity index (χ1n) is 8.82. The first-order valence-corrected chi connectivity index (χ1v) is 8.82. The van der Waals surface area contributed by atoms with E-state index < -0.39 is 5.60 Å². The van der Waals surface area contributed by atoms with Crippen LogP contribution in [0.5, 0.6) is 5.75 Å². The molecule has 1 fully saturated rings. The molecule has 23 heavy (non-hydrogen) atoms. The van der Waals surface area contributed by atoms with Crippen molar-refractivity contribution in [3.63, 3.8) is 0 Å². The molecule has 4 heteroatoms. The average molecular weight is 319 g/mol. The van der Waals surface area contributed by atoms with Crippen molar-refractivity contribution in [2.75, 3.05) is 11.9 Å². The molecule has 2 rings (SSSR count). The molecule has 1 amide bonds.